The summed E-state index contributed by atoms with van der Waals surface area (Å²) in [5.74, 6) is -0.0206. The fourth-order valence-corrected chi connectivity index (χ4v) is 3.36. The number of unbranched alkanes of at least 4 members (excludes halogenated alkanes) is 4. The molecule has 28 heavy (non-hydrogen) atoms. The first-order valence-electron chi connectivity index (χ1n) is 10.5. The first-order valence-corrected chi connectivity index (χ1v) is 11.6. The molecular weight excluding hydrogens is 471 g/mol. The Kier molecular flexibility index (Phi) is 17.8. The molecule has 164 valence electrons. The largest absolute Gasteiger partial charge is 0.356 e. The van der Waals surface area contributed by atoms with Gasteiger partial charge in [-0.05, 0) is 65.6 Å². The van der Waals surface area contributed by atoms with Crippen molar-refractivity contribution in [2.24, 2.45) is 0 Å². The predicted octanol–water partition coefficient (Wildman–Crippen LogP) is 2.28. The molecule has 8 heteroatoms. The Bertz CT molecular complexity index is 449. The van der Waals surface area contributed by atoms with Crippen molar-refractivity contribution in [3.05, 3.63) is 0 Å². The molecule has 0 aromatic rings. The Balaban J connectivity index is 4.12. The van der Waals surface area contributed by atoms with Crippen LogP contribution >= 0.6 is 22.6 Å². The minimum atomic E-state index is -0.428. The summed E-state index contributed by atoms with van der Waals surface area (Å²) in [5, 5.41) is 11.9. The smallest absolute Gasteiger partial charge is 0.237 e. The summed E-state index contributed by atoms with van der Waals surface area (Å²) in [4.78, 5) is 36.0. The second kappa shape index (κ2) is 18.3. The van der Waals surface area contributed by atoms with Gasteiger partial charge >= 0.3 is 0 Å². The Morgan fingerprint density at radius 2 is 1.50 bits per heavy atom. The monoisotopic (exact) mass is 510 g/mol. The number of nitrogens with one attached hydrogen (secondary N) is 4. The number of amides is 2. The van der Waals surface area contributed by atoms with Gasteiger partial charge in [0.1, 0.15) is 0 Å². The van der Waals surface area contributed by atoms with Crippen LogP contribution in [0.3, 0.4) is 0 Å². The number of likely N-dealkylation sites (N-methyl/N-ethyl adjacent to an activating group) is 1. The summed E-state index contributed by atoms with van der Waals surface area (Å²) in [6.45, 7) is 3.67. The van der Waals surface area contributed by atoms with Gasteiger partial charge in [0.15, 0.2) is 0 Å². The maximum absolute atomic E-state index is 12.5. The molecule has 0 aromatic heterocycles. The van der Waals surface area contributed by atoms with Gasteiger partial charge in [-0.3, -0.25) is 14.4 Å². The van der Waals surface area contributed by atoms with Crippen LogP contribution in [0.1, 0.15) is 71.1 Å². The van der Waals surface area contributed by atoms with Crippen molar-refractivity contribution in [1.82, 2.24) is 21.3 Å². The Labute approximate surface area is 184 Å². The summed E-state index contributed by atoms with van der Waals surface area (Å²) < 4.78 is -0.0314. The lowest BCUT2D eigenvalue weighted by Crippen LogP contribution is -2.48. The van der Waals surface area contributed by atoms with E-state index in [2.05, 4.69) is 28.2 Å². The van der Waals surface area contributed by atoms with E-state index in [1.807, 2.05) is 7.05 Å². The van der Waals surface area contributed by atoms with E-state index >= 15 is 0 Å². The number of rotatable bonds is 18. The van der Waals surface area contributed by atoms with Gasteiger partial charge < -0.3 is 21.3 Å². The lowest BCUT2D eigenvalue weighted by molar-refractivity contribution is -0.126. The Morgan fingerprint density at radius 1 is 0.857 bits per heavy atom. The van der Waals surface area contributed by atoms with Crippen LogP contribution < -0.4 is 21.3 Å². The normalized spacial score (nSPS) is 13.0. The zero-order chi connectivity index (χ0) is 21.2. The van der Waals surface area contributed by atoms with Gasteiger partial charge in [-0.15, -0.1) is 0 Å². The molecule has 0 aliphatic rings. The van der Waals surface area contributed by atoms with Crippen LogP contribution in [0.5, 0.6) is 0 Å². The van der Waals surface area contributed by atoms with E-state index in [1.165, 1.54) is 0 Å². The predicted molar refractivity (Wildman–Crippen MR) is 123 cm³/mol. The minimum absolute atomic E-state index is 0.0314. The van der Waals surface area contributed by atoms with Crippen molar-refractivity contribution in [2.45, 2.75) is 83.2 Å². The molecule has 0 aromatic carbocycles. The molecule has 2 atom stereocenters. The van der Waals surface area contributed by atoms with E-state index in [9.17, 15) is 14.4 Å². The summed E-state index contributed by atoms with van der Waals surface area (Å²) in [5.41, 5.74) is 0. The van der Waals surface area contributed by atoms with Crippen molar-refractivity contribution >= 4 is 38.2 Å². The molecule has 0 bridgehead atoms. The van der Waals surface area contributed by atoms with Crippen molar-refractivity contribution in [3.63, 3.8) is 0 Å². The fourth-order valence-electron chi connectivity index (χ4n) is 2.90. The van der Waals surface area contributed by atoms with Crippen LogP contribution in [-0.4, -0.2) is 54.9 Å². The van der Waals surface area contributed by atoms with Gasteiger partial charge in [0, 0.05) is 35.6 Å². The van der Waals surface area contributed by atoms with Gasteiger partial charge in [0.25, 0.3) is 0 Å². The maximum atomic E-state index is 12.5. The molecule has 0 aliphatic heterocycles. The van der Waals surface area contributed by atoms with Crippen molar-refractivity contribution in [3.8, 4) is 0 Å². The van der Waals surface area contributed by atoms with Crippen LogP contribution in [0, 0.1) is 0 Å². The molecule has 4 N–H and O–H groups in total. The molecule has 2 unspecified atom stereocenters. The van der Waals surface area contributed by atoms with E-state index < -0.39 is 6.04 Å². The van der Waals surface area contributed by atoms with Crippen molar-refractivity contribution in [2.75, 3.05) is 27.2 Å². The number of carbonyl (C=O) groups excluding carboxylic acids is 3. The Hall–Kier alpha value is -0.740. The molecule has 0 saturated carbocycles. The third kappa shape index (κ3) is 14.3. The topological polar surface area (TPSA) is 99.3 Å². The molecule has 0 radical (unpaired) electrons. The number of carbonyl (C=O) groups is 3. The molecule has 0 spiro atoms. The highest BCUT2D eigenvalue weighted by molar-refractivity contribution is 14.1. The van der Waals surface area contributed by atoms with E-state index in [4.69, 9.17) is 0 Å². The third-order valence-corrected chi connectivity index (χ3v) is 5.43. The van der Waals surface area contributed by atoms with E-state index in [-0.39, 0.29) is 21.6 Å². The first-order chi connectivity index (χ1) is 13.5. The van der Waals surface area contributed by atoms with Gasteiger partial charge in [0.05, 0.1) is 12.1 Å². The zero-order valence-electron chi connectivity index (χ0n) is 17.7. The lowest BCUT2D eigenvalue weighted by atomic mass is 10.1. The number of hydrogen-bond donors (Lipinski definition) is 4. The molecule has 7 nitrogen and oxygen atoms in total. The molecule has 2 amide bonds. The second-order valence-corrected chi connectivity index (χ2v) is 8.17. The van der Waals surface area contributed by atoms with Crippen LogP contribution in [0.25, 0.3) is 0 Å². The molecular formula is C20H39IN4O3. The molecule has 0 fully saturated rings. The fraction of sp³-hybridized carbons (Fsp3) is 0.850. The summed E-state index contributed by atoms with van der Waals surface area (Å²) in [6, 6.07) is -0.751. The summed E-state index contributed by atoms with van der Waals surface area (Å²) in [7, 11) is 3.66. The highest BCUT2D eigenvalue weighted by Crippen LogP contribution is 2.08. The minimum Gasteiger partial charge on any atom is -0.356 e. The quantitative estimate of drug-likeness (QED) is 0.129. The highest BCUT2D eigenvalue weighted by atomic mass is 127. The molecule has 0 saturated heterocycles. The van der Waals surface area contributed by atoms with Gasteiger partial charge in [-0.1, -0.05) is 19.8 Å². The average Bonchev–Trinajstić information content (AvgIpc) is 2.66. The highest BCUT2D eigenvalue weighted by Gasteiger charge is 2.22. The second-order valence-electron chi connectivity index (χ2n) is 7.11. The van der Waals surface area contributed by atoms with E-state index in [0.29, 0.717) is 25.8 Å². The van der Waals surface area contributed by atoms with Crippen LogP contribution in [0.15, 0.2) is 0 Å². The maximum Gasteiger partial charge on any atom is 0.237 e. The first kappa shape index (κ1) is 27.3. The van der Waals surface area contributed by atoms with Gasteiger partial charge in [-0.2, -0.15) is 0 Å². The standard InChI is InChI=1S/C20H39IN4O3/c1-4-5-6-13-18(26)24-15-10-8-12-17(23-3)20(28)25-16(19(21)27)11-7-9-14-22-2/h16-17,22-23H,4-15H2,1-3H3,(H,24,26)(H,25,28). The van der Waals surface area contributed by atoms with Crippen LogP contribution in [0.2, 0.25) is 0 Å². The SMILES string of the molecule is CCCCCC(=O)NCCCCC(NC)C(=O)NC(CCCCNC)C(=O)I. The van der Waals surface area contributed by atoms with Crippen LogP contribution in [-0.2, 0) is 14.4 Å². The van der Waals surface area contributed by atoms with Crippen molar-refractivity contribution in [1.29, 1.82) is 0 Å². The average molecular weight is 510 g/mol. The number of hydrogen-bond acceptors (Lipinski definition) is 5. The summed E-state index contributed by atoms with van der Waals surface area (Å²) in [6.07, 6.45) is 8.61. The van der Waals surface area contributed by atoms with E-state index in [0.717, 1.165) is 51.5 Å². The lowest BCUT2D eigenvalue weighted by Gasteiger charge is -2.20. The van der Waals surface area contributed by atoms with Gasteiger partial charge in [0.2, 0.25) is 15.6 Å². The van der Waals surface area contributed by atoms with Crippen molar-refractivity contribution < 1.29 is 14.4 Å². The van der Waals surface area contributed by atoms with Gasteiger partial charge in [-0.25, -0.2) is 0 Å². The van der Waals surface area contributed by atoms with Crippen LogP contribution in [0.4, 0.5) is 0 Å². The Morgan fingerprint density at radius 3 is 2.07 bits per heavy atom. The molecule has 0 rings (SSSR count). The zero-order valence-corrected chi connectivity index (χ0v) is 19.9. The third-order valence-electron chi connectivity index (χ3n) is 4.67. The summed E-state index contributed by atoms with van der Waals surface area (Å²) >= 11 is 1.76. The van der Waals surface area contributed by atoms with E-state index in [1.54, 1.807) is 29.6 Å². The number of halogens is 1. The molecule has 0 aliphatic carbocycles. The molecule has 0 heterocycles.